The van der Waals surface area contributed by atoms with Gasteiger partial charge in [-0.3, -0.25) is 9.59 Å². The number of amides is 2. The number of carbonyl (C=O) groups excluding carboxylic acids is 2. The van der Waals surface area contributed by atoms with Crippen LogP contribution in [0.1, 0.15) is 78.1 Å². The molecule has 3 rings (SSSR count). The van der Waals surface area contributed by atoms with Crippen molar-refractivity contribution in [1.29, 1.82) is 0 Å². The van der Waals surface area contributed by atoms with Gasteiger partial charge in [0, 0.05) is 37.0 Å². The summed E-state index contributed by atoms with van der Waals surface area (Å²) in [4.78, 5) is 30.0. The number of hydrogen-bond donors (Lipinski definition) is 0. The van der Waals surface area contributed by atoms with Crippen LogP contribution in [0.25, 0.3) is 0 Å². The smallest absolute Gasteiger partial charge is 0.226 e. The average Bonchev–Trinajstić information content (AvgIpc) is 2.63. The SMILES string of the molecule is C[C@@H]1CN(C(=O)C2CCCCC2)[C@@H](C)CN1C(=O)C1CCCCC1. The monoisotopic (exact) mass is 334 g/mol. The predicted octanol–water partition coefficient (Wildman–Crippen LogP) is 3.59. The van der Waals surface area contributed by atoms with Crippen LogP contribution in [0.3, 0.4) is 0 Å². The summed E-state index contributed by atoms with van der Waals surface area (Å²) in [5.74, 6) is 1.15. The van der Waals surface area contributed by atoms with Gasteiger partial charge in [0.1, 0.15) is 0 Å². The Morgan fingerprint density at radius 2 is 0.958 bits per heavy atom. The van der Waals surface area contributed by atoms with Crippen molar-refractivity contribution in [2.75, 3.05) is 13.1 Å². The molecule has 1 heterocycles. The summed E-state index contributed by atoms with van der Waals surface area (Å²) in [6, 6.07) is 0.311. The number of nitrogens with zero attached hydrogens (tertiary/aromatic N) is 2. The molecule has 3 fully saturated rings. The molecular weight excluding hydrogens is 300 g/mol. The molecule has 0 N–H and O–H groups in total. The van der Waals surface area contributed by atoms with Crippen molar-refractivity contribution in [3.8, 4) is 0 Å². The topological polar surface area (TPSA) is 40.6 Å². The molecule has 4 heteroatoms. The molecule has 0 aromatic carbocycles. The summed E-state index contributed by atoms with van der Waals surface area (Å²) >= 11 is 0. The van der Waals surface area contributed by atoms with E-state index in [9.17, 15) is 9.59 Å². The molecule has 0 aromatic heterocycles. The molecule has 2 aliphatic carbocycles. The van der Waals surface area contributed by atoms with Gasteiger partial charge in [0.25, 0.3) is 0 Å². The lowest BCUT2D eigenvalue weighted by Gasteiger charge is -2.46. The Balaban J connectivity index is 1.60. The fourth-order valence-corrected chi connectivity index (χ4v) is 4.91. The highest BCUT2D eigenvalue weighted by atomic mass is 16.2. The van der Waals surface area contributed by atoms with Gasteiger partial charge in [-0.1, -0.05) is 38.5 Å². The van der Waals surface area contributed by atoms with Crippen molar-refractivity contribution in [2.45, 2.75) is 90.1 Å². The Kier molecular flexibility index (Phi) is 5.83. The molecular formula is C20H34N2O2. The minimum Gasteiger partial charge on any atom is -0.336 e. The molecule has 4 nitrogen and oxygen atoms in total. The molecule has 136 valence electrons. The molecule has 0 unspecified atom stereocenters. The lowest BCUT2D eigenvalue weighted by atomic mass is 9.86. The summed E-state index contributed by atoms with van der Waals surface area (Å²) in [7, 11) is 0. The summed E-state index contributed by atoms with van der Waals surface area (Å²) in [5, 5.41) is 0. The van der Waals surface area contributed by atoms with E-state index in [4.69, 9.17) is 0 Å². The van der Waals surface area contributed by atoms with E-state index in [1.165, 1.54) is 38.5 Å². The Morgan fingerprint density at radius 1 is 0.625 bits per heavy atom. The lowest BCUT2D eigenvalue weighted by molar-refractivity contribution is -0.151. The number of carbonyl (C=O) groups is 2. The zero-order valence-electron chi connectivity index (χ0n) is 15.5. The van der Waals surface area contributed by atoms with Crippen LogP contribution in [0.2, 0.25) is 0 Å². The van der Waals surface area contributed by atoms with Crippen molar-refractivity contribution in [3.63, 3.8) is 0 Å². The zero-order valence-corrected chi connectivity index (χ0v) is 15.5. The largest absolute Gasteiger partial charge is 0.336 e. The second-order valence-electron chi connectivity index (χ2n) is 8.35. The molecule has 1 aliphatic heterocycles. The predicted molar refractivity (Wildman–Crippen MR) is 95.5 cm³/mol. The van der Waals surface area contributed by atoms with Crippen LogP contribution in [-0.2, 0) is 9.59 Å². The fraction of sp³-hybridized carbons (Fsp3) is 0.900. The van der Waals surface area contributed by atoms with Crippen molar-refractivity contribution in [3.05, 3.63) is 0 Å². The van der Waals surface area contributed by atoms with Gasteiger partial charge in [0.15, 0.2) is 0 Å². The van der Waals surface area contributed by atoms with E-state index in [1.807, 2.05) is 0 Å². The highest BCUT2D eigenvalue weighted by molar-refractivity contribution is 5.81. The van der Waals surface area contributed by atoms with Crippen LogP contribution in [0.15, 0.2) is 0 Å². The summed E-state index contributed by atoms with van der Waals surface area (Å²) < 4.78 is 0. The van der Waals surface area contributed by atoms with Gasteiger partial charge in [0.2, 0.25) is 11.8 Å². The summed E-state index contributed by atoms with van der Waals surface area (Å²) in [6.07, 6.45) is 11.6. The van der Waals surface area contributed by atoms with E-state index in [2.05, 4.69) is 23.6 Å². The Hall–Kier alpha value is -1.06. The first-order valence-electron chi connectivity index (χ1n) is 10.2. The quantitative estimate of drug-likeness (QED) is 0.774. The average molecular weight is 335 g/mol. The van der Waals surface area contributed by atoms with Crippen molar-refractivity contribution in [1.82, 2.24) is 9.80 Å². The Morgan fingerprint density at radius 3 is 1.29 bits per heavy atom. The molecule has 1 saturated heterocycles. The van der Waals surface area contributed by atoms with E-state index >= 15 is 0 Å². The second kappa shape index (κ2) is 7.88. The van der Waals surface area contributed by atoms with Crippen molar-refractivity contribution in [2.24, 2.45) is 11.8 Å². The third-order valence-electron chi connectivity index (χ3n) is 6.46. The third-order valence-corrected chi connectivity index (χ3v) is 6.46. The molecule has 0 aromatic rings. The van der Waals surface area contributed by atoms with Crippen LogP contribution in [0.5, 0.6) is 0 Å². The van der Waals surface area contributed by atoms with Crippen molar-refractivity contribution < 1.29 is 9.59 Å². The second-order valence-corrected chi connectivity index (χ2v) is 8.35. The first kappa shape index (κ1) is 17.8. The minimum atomic E-state index is 0.156. The Labute approximate surface area is 146 Å². The summed E-state index contributed by atoms with van der Waals surface area (Å²) in [6.45, 7) is 5.67. The highest BCUT2D eigenvalue weighted by Gasteiger charge is 2.38. The molecule has 0 spiro atoms. The molecule has 3 aliphatic rings. The normalized spacial score (nSPS) is 30.4. The van der Waals surface area contributed by atoms with Crippen LogP contribution < -0.4 is 0 Å². The number of piperazine rings is 1. The highest BCUT2D eigenvalue weighted by Crippen LogP contribution is 2.30. The van der Waals surface area contributed by atoms with Gasteiger partial charge in [-0.15, -0.1) is 0 Å². The van der Waals surface area contributed by atoms with Gasteiger partial charge >= 0.3 is 0 Å². The number of rotatable bonds is 2. The Bertz CT molecular complexity index is 411. The van der Waals surface area contributed by atoms with Gasteiger partial charge in [0.05, 0.1) is 0 Å². The van der Waals surface area contributed by atoms with E-state index in [0.717, 1.165) is 38.8 Å². The minimum absolute atomic E-state index is 0.156. The van der Waals surface area contributed by atoms with Crippen LogP contribution in [-0.4, -0.2) is 46.8 Å². The van der Waals surface area contributed by atoms with E-state index < -0.39 is 0 Å². The van der Waals surface area contributed by atoms with E-state index in [0.29, 0.717) is 11.8 Å². The first-order chi connectivity index (χ1) is 11.6. The fourth-order valence-electron chi connectivity index (χ4n) is 4.91. The molecule has 2 saturated carbocycles. The zero-order chi connectivity index (χ0) is 17.1. The maximum atomic E-state index is 12.9. The molecule has 24 heavy (non-hydrogen) atoms. The van der Waals surface area contributed by atoms with Gasteiger partial charge < -0.3 is 9.80 Å². The van der Waals surface area contributed by atoms with Crippen LogP contribution in [0.4, 0.5) is 0 Å². The molecule has 2 atom stereocenters. The molecule has 0 radical (unpaired) electrons. The molecule has 2 amide bonds. The lowest BCUT2D eigenvalue weighted by Crippen LogP contribution is -2.61. The number of hydrogen-bond acceptors (Lipinski definition) is 2. The van der Waals surface area contributed by atoms with Gasteiger partial charge in [-0.25, -0.2) is 0 Å². The van der Waals surface area contributed by atoms with Gasteiger partial charge in [-0.2, -0.15) is 0 Å². The first-order valence-corrected chi connectivity index (χ1v) is 10.2. The van der Waals surface area contributed by atoms with Gasteiger partial charge in [-0.05, 0) is 39.5 Å². The standard InChI is InChI=1S/C20H34N2O2/c1-15-13-22(20(24)18-11-7-4-8-12-18)16(2)14-21(15)19(23)17-9-5-3-6-10-17/h15-18H,3-14H2,1-2H3/t15-,16+. The maximum Gasteiger partial charge on any atom is 0.226 e. The maximum absolute atomic E-state index is 12.9. The third kappa shape index (κ3) is 3.78. The van der Waals surface area contributed by atoms with E-state index in [-0.39, 0.29) is 23.9 Å². The van der Waals surface area contributed by atoms with E-state index in [1.54, 1.807) is 0 Å². The summed E-state index contributed by atoms with van der Waals surface area (Å²) in [5.41, 5.74) is 0. The van der Waals surface area contributed by atoms with Crippen LogP contribution >= 0.6 is 0 Å². The molecule has 0 bridgehead atoms. The van der Waals surface area contributed by atoms with Crippen LogP contribution in [0, 0.1) is 11.8 Å². The van der Waals surface area contributed by atoms with Crippen molar-refractivity contribution >= 4 is 11.8 Å².